The second-order valence-corrected chi connectivity index (χ2v) is 6.29. The molecule has 1 spiro atoms. The Morgan fingerprint density at radius 1 is 0.792 bits per heavy atom. The zero-order valence-corrected chi connectivity index (χ0v) is 13.4. The van der Waals surface area contributed by atoms with Crippen molar-refractivity contribution in [3.8, 4) is 16.9 Å². The highest BCUT2D eigenvalue weighted by Crippen LogP contribution is 2.50. The second-order valence-electron chi connectivity index (χ2n) is 6.29. The van der Waals surface area contributed by atoms with Gasteiger partial charge in [0, 0.05) is 29.4 Å². The van der Waals surface area contributed by atoms with Crippen molar-refractivity contribution in [2.24, 2.45) is 0 Å². The van der Waals surface area contributed by atoms with Gasteiger partial charge >= 0.3 is 0 Å². The minimum absolute atomic E-state index is 0.612. The van der Waals surface area contributed by atoms with Gasteiger partial charge in [-0.1, -0.05) is 60.7 Å². The van der Waals surface area contributed by atoms with Crippen LogP contribution in [-0.2, 0) is 5.72 Å². The predicted molar refractivity (Wildman–Crippen MR) is 98.1 cm³/mol. The van der Waals surface area contributed by atoms with E-state index in [0.717, 1.165) is 11.3 Å². The highest BCUT2D eigenvalue weighted by Gasteiger charge is 2.44. The van der Waals surface area contributed by atoms with E-state index in [4.69, 9.17) is 4.74 Å². The number of anilines is 1. The van der Waals surface area contributed by atoms with Gasteiger partial charge in [0.1, 0.15) is 5.75 Å². The Labute approximate surface area is 141 Å². The molecule has 0 aliphatic carbocycles. The average Bonchev–Trinajstić information content (AvgIpc) is 2.66. The summed E-state index contributed by atoms with van der Waals surface area (Å²) in [5.41, 5.74) is 5.34. The summed E-state index contributed by atoms with van der Waals surface area (Å²) in [5.74, 6) is 0.918. The smallest absolute Gasteiger partial charge is 0.229 e. The molecule has 3 aromatic rings. The molecule has 0 saturated heterocycles. The number of fused-ring (bicyclic) bond motifs is 5. The number of hydrogen-bond acceptors (Lipinski definition) is 2. The molecular formula is C22H17NO. The first-order chi connectivity index (χ1) is 11.8. The lowest BCUT2D eigenvalue weighted by molar-refractivity contribution is 0.116. The molecule has 2 heteroatoms. The normalized spacial score (nSPS) is 20.1. The Morgan fingerprint density at radius 2 is 1.50 bits per heavy atom. The Morgan fingerprint density at radius 3 is 2.42 bits per heavy atom. The molecule has 5 rings (SSSR count). The van der Waals surface area contributed by atoms with Gasteiger partial charge in [0.05, 0.1) is 0 Å². The Hall–Kier alpha value is -3.00. The molecule has 2 heterocycles. The first kappa shape index (κ1) is 13.4. The number of benzene rings is 3. The van der Waals surface area contributed by atoms with E-state index in [-0.39, 0.29) is 0 Å². The molecule has 1 atom stereocenters. The SMILES string of the molecule is CN1c2ccccc2-c2ccccc2C12C=Cc1ccccc1O2. The standard InChI is InChI=1S/C22H17NO/c1-23-20-12-6-4-10-18(20)17-9-3-5-11-19(17)22(23)15-14-16-8-2-7-13-21(16)24-22/h2-15H,1H3. The lowest BCUT2D eigenvalue weighted by atomic mass is 9.84. The van der Waals surface area contributed by atoms with Crippen LogP contribution in [0.4, 0.5) is 5.69 Å². The van der Waals surface area contributed by atoms with Gasteiger partial charge in [-0.05, 0) is 29.8 Å². The summed E-state index contributed by atoms with van der Waals surface area (Å²) in [5, 5.41) is 0. The molecule has 3 aromatic carbocycles. The number of rotatable bonds is 0. The van der Waals surface area contributed by atoms with Crippen LogP contribution in [0.25, 0.3) is 17.2 Å². The van der Waals surface area contributed by atoms with Gasteiger partial charge in [0.25, 0.3) is 0 Å². The third kappa shape index (κ3) is 1.65. The van der Waals surface area contributed by atoms with Crippen LogP contribution in [0, 0.1) is 0 Å². The predicted octanol–water partition coefficient (Wildman–Crippen LogP) is 5.06. The van der Waals surface area contributed by atoms with Crippen molar-refractivity contribution in [3.05, 3.63) is 90.0 Å². The minimum Gasteiger partial charge on any atom is -0.459 e. The molecule has 0 bridgehead atoms. The van der Waals surface area contributed by atoms with Gasteiger partial charge in [-0.2, -0.15) is 0 Å². The van der Waals surface area contributed by atoms with Crippen LogP contribution in [0.5, 0.6) is 5.75 Å². The molecule has 0 fully saturated rings. The van der Waals surface area contributed by atoms with Crippen LogP contribution in [0.2, 0.25) is 0 Å². The van der Waals surface area contributed by atoms with Crippen LogP contribution >= 0.6 is 0 Å². The summed E-state index contributed by atoms with van der Waals surface area (Å²) in [7, 11) is 2.10. The average molecular weight is 311 g/mol. The molecule has 0 amide bonds. The molecule has 24 heavy (non-hydrogen) atoms. The van der Waals surface area contributed by atoms with Gasteiger partial charge in [-0.3, -0.25) is 0 Å². The van der Waals surface area contributed by atoms with Crippen molar-refractivity contribution in [3.63, 3.8) is 0 Å². The molecule has 0 N–H and O–H groups in total. The Balaban J connectivity index is 1.80. The van der Waals surface area contributed by atoms with E-state index >= 15 is 0 Å². The lowest BCUT2D eigenvalue weighted by Gasteiger charge is -2.47. The van der Waals surface area contributed by atoms with E-state index in [1.165, 1.54) is 22.4 Å². The molecule has 2 nitrogen and oxygen atoms in total. The van der Waals surface area contributed by atoms with Crippen LogP contribution in [0.15, 0.2) is 78.9 Å². The number of nitrogens with zero attached hydrogens (tertiary/aromatic N) is 1. The number of ether oxygens (including phenoxy) is 1. The maximum atomic E-state index is 6.60. The van der Waals surface area contributed by atoms with Gasteiger partial charge in [0.15, 0.2) is 0 Å². The summed E-state index contributed by atoms with van der Waals surface area (Å²) in [4.78, 5) is 2.23. The third-order valence-electron chi connectivity index (χ3n) is 5.04. The fourth-order valence-corrected chi connectivity index (χ4v) is 3.82. The van der Waals surface area contributed by atoms with Gasteiger partial charge in [-0.15, -0.1) is 0 Å². The Bertz CT molecular complexity index is 975. The van der Waals surface area contributed by atoms with Crippen LogP contribution in [0.3, 0.4) is 0 Å². The summed E-state index contributed by atoms with van der Waals surface area (Å²) >= 11 is 0. The molecular weight excluding hydrogens is 294 g/mol. The molecule has 0 saturated carbocycles. The van der Waals surface area contributed by atoms with Crippen LogP contribution in [0.1, 0.15) is 11.1 Å². The second kappa shape index (κ2) is 4.75. The maximum Gasteiger partial charge on any atom is 0.229 e. The molecule has 2 aliphatic heterocycles. The fourth-order valence-electron chi connectivity index (χ4n) is 3.82. The van der Waals surface area contributed by atoms with Gasteiger partial charge < -0.3 is 9.64 Å². The topological polar surface area (TPSA) is 12.5 Å². The van der Waals surface area contributed by atoms with E-state index in [1.54, 1.807) is 0 Å². The van der Waals surface area contributed by atoms with E-state index in [1.807, 2.05) is 18.2 Å². The van der Waals surface area contributed by atoms with Crippen molar-refractivity contribution in [2.75, 3.05) is 11.9 Å². The largest absolute Gasteiger partial charge is 0.459 e. The number of likely N-dealkylation sites (N-methyl/N-ethyl adjacent to an activating group) is 1. The van der Waals surface area contributed by atoms with Crippen molar-refractivity contribution >= 4 is 11.8 Å². The molecule has 1 unspecified atom stereocenters. The highest BCUT2D eigenvalue weighted by atomic mass is 16.5. The van der Waals surface area contributed by atoms with Crippen molar-refractivity contribution < 1.29 is 4.74 Å². The number of hydrogen-bond donors (Lipinski definition) is 0. The summed E-state index contributed by atoms with van der Waals surface area (Å²) < 4.78 is 6.60. The van der Waals surface area contributed by atoms with Crippen LogP contribution < -0.4 is 9.64 Å². The van der Waals surface area contributed by atoms with E-state index in [2.05, 4.69) is 78.7 Å². The first-order valence-electron chi connectivity index (χ1n) is 8.20. The zero-order valence-electron chi connectivity index (χ0n) is 13.4. The molecule has 116 valence electrons. The number of para-hydroxylation sites is 2. The molecule has 2 aliphatic rings. The monoisotopic (exact) mass is 311 g/mol. The minimum atomic E-state index is -0.612. The summed E-state index contributed by atoms with van der Waals surface area (Å²) in [6, 6.07) is 25.2. The van der Waals surface area contributed by atoms with Gasteiger partial charge in [-0.25, -0.2) is 0 Å². The summed E-state index contributed by atoms with van der Waals surface area (Å²) in [6.45, 7) is 0. The molecule has 0 aromatic heterocycles. The highest BCUT2D eigenvalue weighted by molar-refractivity contribution is 5.86. The lowest BCUT2D eigenvalue weighted by Crippen LogP contribution is -2.50. The maximum absolute atomic E-state index is 6.60. The summed E-state index contributed by atoms with van der Waals surface area (Å²) in [6.07, 6.45) is 4.34. The van der Waals surface area contributed by atoms with E-state index < -0.39 is 5.72 Å². The van der Waals surface area contributed by atoms with E-state index in [9.17, 15) is 0 Å². The van der Waals surface area contributed by atoms with Crippen LogP contribution in [-0.4, -0.2) is 7.05 Å². The first-order valence-corrected chi connectivity index (χ1v) is 8.20. The quantitative estimate of drug-likeness (QED) is 0.575. The molecule has 0 radical (unpaired) electrons. The van der Waals surface area contributed by atoms with Crippen molar-refractivity contribution in [1.29, 1.82) is 0 Å². The fraction of sp³-hybridized carbons (Fsp3) is 0.0909. The van der Waals surface area contributed by atoms with E-state index in [0.29, 0.717) is 0 Å². The van der Waals surface area contributed by atoms with Gasteiger partial charge in [0.2, 0.25) is 5.72 Å². The zero-order chi connectivity index (χ0) is 16.1. The Kier molecular flexibility index (Phi) is 2.66. The van der Waals surface area contributed by atoms with Crippen molar-refractivity contribution in [1.82, 2.24) is 0 Å². The third-order valence-corrected chi connectivity index (χ3v) is 5.04. The van der Waals surface area contributed by atoms with Crippen molar-refractivity contribution in [2.45, 2.75) is 5.72 Å².